The highest BCUT2D eigenvalue weighted by atomic mass is 16.2. The third-order valence-corrected chi connectivity index (χ3v) is 5.36. The number of H-pyrrole nitrogens is 1. The van der Waals surface area contributed by atoms with Crippen molar-refractivity contribution in [3.63, 3.8) is 0 Å². The van der Waals surface area contributed by atoms with Crippen molar-refractivity contribution in [3.05, 3.63) is 54.5 Å². The molecule has 0 unspecified atom stereocenters. The van der Waals surface area contributed by atoms with Gasteiger partial charge in [0.25, 0.3) is 0 Å². The van der Waals surface area contributed by atoms with Crippen LogP contribution in [0.4, 0.5) is 0 Å². The van der Waals surface area contributed by atoms with Crippen molar-refractivity contribution in [2.45, 2.75) is 51.5 Å². The zero-order chi connectivity index (χ0) is 22.2. The average molecular weight is 421 g/mol. The lowest BCUT2D eigenvalue weighted by Gasteiger charge is -2.15. The Morgan fingerprint density at radius 2 is 1.84 bits per heavy atom. The van der Waals surface area contributed by atoms with Crippen LogP contribution in [0.1, 0.15) is 57.3 Å². The van der Waals surface area contributed by atoms with Crippen LogP contribution in [0.15, 0.2) is 48.7 Å². The molecular formula is C24H28N4O3. The molecule has 0 aliphatic carbocycles. The number of ketones is 1. The fourth-order valence-corrected chi connectivity index (χ4v) is 3.55. The fraction of sp³-hybridized carbons (Fsp3) is 0.333. The smallest absolute Gasteiger partial charge is 0.309 e. The summed E-state index contributed by atoms with van der Waals surface area (Å²) in [6.45, 7) is 1.86. The zero-order valence-corrected chi connectivity index (χ0v) is 17.7. The highest BCUT2D eigenvalue weighted by Crippen LogP contribution is 2.25. The Hall–Kier alpha value is -3.48. The molecule has 162 valence electrons. The van der Waals surface area contributed by atoms with Crippen molar-refractivity contribution in [2.24, 2.45) is 5.73 Å². The van der Waals surface area contributed by atoms with E-state index in [0.29, 0.717) is 25.1 Å². The third kappa shape index (κ3) is 6.01. The van der Waals surface area contributed by atoms with Crippen LogP contribution in [0.2, 0.25) is 0 Å². The molecule has 31 heavy (non-hydrogen) atoms. The summed E-state index contributed by atoms with van der Waals surface area (Å²) >= 11 is 0. The molecule has 1 heterocycles. The number of nitrogens with one attached hydrogen (secondary N) is 2. The molecule has 3 rings (SSSR count). The number of amides is 2. The standard InChI is InChI=1S/C24H28N4O3/c1-2-19(29)10-4-3-5-11-20(28-24(31)22(25)30)23-26-15-21(27-23)18-13-12-16-8-6-7-9-17(16)14-18/h6-9,12-15,20H,2-5,10-11H2,1H3,(H2,25,30)(H,26,27)(H,28,31)/t20-/m0/s1. The van der Waals surface area contributed by atoms with Gasteiger partial charge in [-0.05, 0) is 29.7 Å². The summed E-state index contributed by atoms with van der Waals surface area (Å²) < 4.78 is 0. The zero-order valence-electron chi connectivity index (χ0n) is 17.7. The summed E-state index contributed by atoms with van der Waals surface area (Å²) in [5.74, 6) is -1.04. The molecule has 0 radical (unpaired) electrons. The molecule has 0 aliphatic heterocycles. The van der Waals surface area contributed by atoms with Crippen LogP contribution in [0.3, 0.4) is 0 Å². The minimum atomic E-state index is -1.03. The van der Waals surface area contributed by atoms with Crippen molar-refractivity contribution in [1.29, 1.82) is 0 Å². The van der Waals surface area contributed by atoms with Gasteiger partial charge in [-0.3, -0.25) is 14.4 Å². The van der Waals surface area contributed by atoms with Gasteiger partial charge in [0.1, 0.15) is 11.6 Å². The maximum Gasteiger partial charge on any atom is 0.309 e. The molecule has 3 aromatic rings. The fourth-order valence-electron chi connectivity index (χ4n) is 3.55. The molecule has 0 fully saturated rings. The molecular weight excluding hydrogens is 392 g/mol. The number of aromatic amines is 1. The molecule has 7 nitrogen and oxygen atoms in total. The molecule has 1 aromatic heterocycles. The first kappa shape index (κ1) is 22.2. The molecule has 1 atom stereocenters. The first-order valence-electron chi connectivity index (χ1n) is 10.6. The Morgan fingerprint density at radius 3 is 2.58 bits per heavy atom. The van der Waals surface area contributed by atoms with Crippen LogP contribution in [0.25, 0.3) is 22.0 Å². The van der Waals surface area contributed by atoms with Gasteiger partial charge < -0.3 is 16.0 Å². The second-order valence-corrected chi connectivity index (χ2v) is 7.63. The van der Waals surface area contributed by atoms with Crippen molar-refractivity contribution >= 4 is 28.4 Å². The SMILES string of the molecule is CCC(=O)CCCCC[C@H](NC(=O)C(N)=O)c1ncc(-c2ccc3ccccc3c2)[nH]1. The number of unbranched alkanes of at least 4 members (excludes halogenated alkanes) is 2. The minimum Gasteiger partial charge on any atom is -0.361 e. The van der Waals surface area contributed by atoms with Gasteiger partial charge in [-0.2, -0.15) is 0 Å². The number of hydrogen-bond donors (Lipinski definition) is 3. The van der Waals surface area contributed by atoms with Crippen LogP contribution in [0, 0.1) is 0 Å². The predicted molar refractivity (Wildman–Crippen MR) is 120 cm³/mol. The van der Waals surface area contributed by atoms with E-state index in [1.165, 1.54) is 0 Å². The number of Topliss-reactive ketones (excluding diaryl/α,β-unsaturated/α-hetero) is 1. The number of rotatable bonds is 10. The van der Waals surface area contributed by atoms with E-state index >= 15 is 0 Å². The van der Waals surface area contributed by atoms with Gasteiger partial charge in [0.2, 0.25) is 0 Å². The quantitative estimate of drug-likeness (QED) is 0.341. The summed E-state index contributed by atoms with van der Waals surface area (Å²) in [7, 11) is 0. The molecule has 0 spiro atoms. The summed E-state index contributed by atoms with van der Waals surface area (Å²) in [5.41, 5.74) is 6.93. The number of nitrogens with zero attached hydrogens (tertiary/aromatic N) is 1. The number of aromatic nitrogens is 2. The van der Waals surface area contributed by atoms with E-state index in [4.69, 9.17) is 5.73 Å². The number of nitrogens with two attached hydrogens (primary N) is 1. The average Bonchev–Trinajstić information content (AvgIpc) is 3.27. The number of fused-ring (bicyclic) bond motifs is 1. The predicted octanol–water partition coefficient (Wildman–Crippen LogP) is 3.80. The first-order chi connectivity index (χ1) is 15.0. The Morgan fingerprint density at radius 1 is 1.06 bits per heavy atom. The highest BCUT2D eigenvalue weighted by Gasteiger charge is 2.20. The van der Waals surface area contributed by atoms with Crippen LogP contribution in [-0.4, -0.2) is 27.6 Å². The van der Waals surface area contributed by atoms with Crippen LogP contribution in [0.5, 0.6) is 0 Å². The van der Waals surface area contributed by atoms with E-state index in [9.17, 15) is 14.4 Å². The number of benzene rings is 2. The van der Waals surface area contributed by atoms with Gasteiger partial charge in [-0.15, -0.1) is 0 Å². The maximum atomic E-state index is 11.9. The molecule has 4 N–H and O–H groups in total. The topological polar surface area (TPSA) is 118 Å². The molecule has 2 amide bonds. The molecule has 7 heteroatoms. The number of carbonyl (C=O) groups is 3. The van der Waals surface area contributed by atoms with E-state index in [1.54, 1.807) is 6.20 Å². The summed E-state index contributed by atoms with van der Waals surface area (Å²) in [4.78, 5) is 42.3. The Bertz CT molecular complexity index is 1070. The summed E-state index contributed by atoms with van der Waals surface area (Å²) in [6.07, 6.45) is 5.89. The first-order valence-corrected chi connectivity index (χ1v) is 10.6. The maximum absolute atomic E-state index is 11.9. The lowest BCUT2D eigenvalue weighted by atomic mass is 10.0. The summed E-state index contributed by atoms with van der Waals surface area (Å²) in [6, 6.07) is 13.8. The van der Waals surface area contributed by atoms with Crippen LogP contribution < -0.4 is 11.1 Å². The van der Waals surface area contributed by atoms with Gasteiger partial charge in [0.15, 0.2) is 0 Å². The Labute approximate surface area is 181 Å². The molecule has 0 bridgehead atoms. The Kier molecular flexibility index (Phi) is 7.54. The van der Waals surface area contributed by atoms with E-state index in [1.807, 2.05) is 25.1 Å². The molecule has 0 saturated heterocycles. The summed E-state index contributed by atoms with van der Waals surface area (Å²) in [5, 5.41) is 4.94. The van der Waals surface area contributed by atoms with Crippen molar-refractivity contribution in [1.82, 2.24) is 15.3 Å². The molecule has 2 aromatic carbocycles. The largest absolute Gasteiger partial charge is 0.361 e. The van der Waals surface area contributed by atoms with E-state index in [-0.39, 0.29) is 5.78 Å². The van der Waals surface area contributed by atoms with Crippen LogP contribution in [-0.2, 0) is 14.4 Å². The number of imidazole rings is 1. The van der Waals surface area contributed by atoms with Gasteiger partial charge in [0.05, 0.1) is 17.9 Å². The lowest BCUT2D eigenvalue weighted by Crippen LogP contribution is -2.38. The van der Waals surface area contributed by atoms with Crippen molar-refractivity contribution in [2.75, 3.05) is 0 Å². The van der Waals surface area contributed by atoms with Gasteiger partial charge in [-0.1, -0.05) is 56.2 Å². The highest BCUT2D eigenvalue weighted by molar-refractivity contribution is 6.34. The van der Waals surface area contributed by atoms with Gasteiger partial charge in [-0.25, -0.2) is 4.98 Å². The minimum absolute atomic E-state index is 0.254. The monoisotopic (exact) mass is 420 g/mol. The normalized spacial score (nSPS) is 11.9. The van der Waals surface area contributed by atoms with Gasteiger partial charge in [0, 0.05) is 18.4 Å². The van der Waals surface area contributed by atoms with Crippen molar-refractivity contribution in [3.8, 4) is 11.3 Å². The number of carbonyl (C=O) groups excluding carboxylic acids is 3. The number of hydrogen-bond acceptors (Lipinski definition) is 4. The second-order valence-electron chi connectivity index (χ2n) is 7.63. The van der Waals surface area contributed by atoms with E-state index in [0.717, 1.165) is 41.3 Å². The van der Waals surface area contributed by atoms with E-state index in [2.05, 4.69) is 39.6 Å². The molecule has 0 aliphatic rings. The van der Waals surface area contributed by atoms with Crippen LogP contribution >= 0.6 is 0 Å². The van der Waals surface area contributed by atoms with Gasteiger partial charge >= 0.3 is 11.8 Å². The second kappa shape index (κ2) is 10.5. The lowest BCUT2D eigenvalue weighted by molar-refractivity contribution is -0.137. The number of primary amides is 1. The van der Waals surface area contributed by atoms with Crippen molar-refractivity contribution < 1.29 is 14.4 Å². The Balaban J connectivity index is 1.72. The molecule has 0 saturated carbocycles. The third-order valence-electron chi connectivity index (χ3n) is 5.36. The van der Waals surface area contributed by atoms with E-state index < -0.39 is 17.9 Å².